The Kier molecular flexibility index (Phi) is 5.11. The number of hydrogen-bond acceptors (Lipinski definition) is 5. The second-order valence-corrected chi connectivity index (χ2v) is 7.95. The van der Waals surface area contributed by atoms with E-state index in [9.17, 15) is 4.79 Å². The van der Waals surface area contributed by atoms with Crippen LogP contribution in [0, 0.1) is 0 Å². The van der Waals surface area contributed by atoms with Crippen LogP contribution >= 0.6 is 11.6 Å². The van der Waals surface area contributed by atoms with Gasteiger partial charge in [0.2, 0.25) is 0 Å². The molecule has 1 aliphatic rings. The molecule has 4 aromatic rings. The van der Waals surface area contributed by atoms with E-state index in [2.05, 4.69) is 20.1 Å². The number of methoxy groups -OCH3 is 1. The quantitative estimate of drug-likeness (QED) is 0.467. The van der Waals surface area contributed by atoms with Crippen LogP contribution in [-0.2, 0) is 13.0 Å². The van der Waals surface area contributed by atoms with Crippen LogP contribution in [0.4, 0.5) is 5.69 Å². The maximum absolute atomic E-state index is 12.8. The van der Waals surface area contributed by atoms with Crippen LogP contribution < -0.4 is 10.1 Å². The van der Waals surface area contributed by atoms with Crippen molar-refractivity contribution in [3.63, 3.8) is 0 Å². The number of furan rings is 1. The molecule has 0 radical (unpaired) electrons. The normalized spacial score (nSPS) is 13.6. The molecular weight excluding hydrogens is 416 g/mol. The van der Waals surface area contributed by atoms with E-state index >= 15 is 0 Å². The second kappa shape index (κ2) is 8.07. The molecule has 0 fully saturated rings. The molecule has 3 heterocycles. The van der Waals surface area contributed by atoms with Crippen LogP contribution in [0.1, 0.15) is 35.6 Å². The first-order valence-corrected chi connectivity index (χ1v) is 10.6. The van der Waals surface area contributed by atoms with E-state index in [0.717, 1.165) is 48.4 Å². The molecule has 158 valence electrons. The van der Waals surface area contributed by atoms with Gasteiger partial charge in [-0.2, -0.15) is 0 Å². The molecular formula is C23H21ClN4O3. The minimum absolute atomic E-state index is 0.201. The number of amides is 1. The predicted molar refractivity (Wildman–Crippen MR) is 119 cm³/mol. The number of halogens is 1. The Bertz CT molecular complexity index is 1280. The molecule has 0 unspecified atom stereocenters. The minimum atomic E-state index is -0.355. The molecule has 1 amide bonds. The van der Waals surface area contributed by atoms with Crippen molar-refractivity contribution < 1.29 is 13.9 Å². The first kappa shape index (κ1) is 19.6. The summed E-state index contributed by atoms with van der Waals surface area (Å²) in [5.74, 6) is 2.14. The molecule has 0 saturated heterocycles. The Morgan fingerprint density at radius 2 is 2.06 bits per heavy atom. The highest BCUT2D eigenvalue weighted by atomic mass is 35.5. The molecule has 0 bridgehead atoms. The van der Waals surface area contributed by atoms with Crippen LogP contribution in [0.25, 0.3) is 22.4 Å². The molecule has 1 N–H and O–H groups in total. The number of para-hydroxylation sites is 1. The van der Waals surface area contributed by atoms with Gasteiger partial charge in [-0.05, 0) is 43.2 Å². The first-order valence-electron chi connectivity index (χ1n) is 10.2. The fourth-order valence-corrected chi connectivity index (χ4v) is 4.16. The van der Waals surface area contributed by atoms with Crippen molar-refractivity contribution in [3.8, 4) is 17.1 Å². The van der Waals surface area contributed by atoms with Crippen LogP contribution in [0.15, 0.2) is 46.9 Å². The van der Waals surface area contributed by atoms with Crippen molar-refractivity contribution in [1.82, 2.24) is 14.8 Å². The zero-order valence-corrected chi connectivity index (χ0v) is 17.8. The van der Waals surface area contributed by atoms with E-state index < -0.39 is 0 Å². The topological polar surface area (TPSA) is 82.2 Å². The number of carbonyl (C=O) groups is 1. The number of aromatic nitrogens is 3. The third-order valence-corrected chi connectivity index (χ3v) is 5.86. The summed E-state index contributed by atoms with van der Waals surface area (Å²) in [6.07, 6.45) is 4.29. The summed E-state index contributed by atoms with van der Waals surface area (Å²) >= 11 is 6.49. The van der Waals surface area contributed by atoms with Gasteiger partial charge in [-0.15, -0.1) is 10.2 Å². The van der Waals surface area contributed by atoms with Gasteiger partial charge in [0.15, 0.2) is 22.9 Å². The first-order chi connectivity index (χ1) is 15.1. The van der Waals surface area contributed by atoms with E-state index in [1.807, 2.05) is 18.2 Å². The summed E-state index contributed by atoms with van der Waals surface area (Å²) < 4.78 is 13.2. The van der Waals surface area contributed by atoms with Crippen molar-refractivity contribution in [2.75, 3.05) is 12.4 Å². The smallest absolute Gasteiger partial charge is 0.291 e. The molecule has 2 aromatic heterocycles. The zero-order chi connectivity index (χ0) is 21.4. The fraction of sp³-hybridized carbons (Fsp3) is 0.261. The highest BCUT2D eigenvalue weighted by Gasteiger charge is 2.20. The molecule has 7 nitrogen and oxygen atoms in total. The highest BCUT2D eigenvalue weighted by Crippen LogP contribution is 2.32. The minimum Gasteiger partial charge on any atom is -0.493 e. The van der Waals surface area contributed by atoms with Crippen LogP contribution in [0.5, 0.6) is 5.75 Å². The number of ether oxygens (including phenoxy) is 1. The SMILES string of the molecule is COc1cccc2cc(C(=O)Nc3ccc(Cl)c(-c4nnc5n4CCCCC5)c3)oc12. The molecule has 0 spiro atoms. The molecule has 2 aromatic carbocycles. The van der Waals surface area contributed by atoms with Crippen LogP contribution in [0.3, 0.4) is 0 Å². The number of benzene rings is 2. The maximum Gasteiger partial charge on any atom is 0.291 e. The van der Waals surface area contributed by atoms with E-state index in [1.165, 1.54) is 6.42 Å². The number of hydrogen-bond donors (Lipinski definition) is 1. The molecule has 1 aliphatic heterocycles. The lowest BCUT2D eigenvalue weighted by Crippen LogP contribution is -2.11. The Hall–Kier alpha value is -3.32. The second-order valence-electron chi connectivity index (χ2n) is 7.54. The monoisotopic (exact) mass is 436 g/mol. The summed E-state index contributed by atoms with van der Waals surface area (Å²) in [6.45, 7) is 0.866. The van der Waals surface area contributed by atoms with Gasteiger partial charge in [-0.1, -0.05) is 30.2 Å². The third-order valence-electron chi connectivity index (χ3n) is 5.53. The van der Waals surface area contributed by atoms with E-state index in [4.69, 9.17) is 20.8 Å². The van der Waals surface area contributed by atoms with Crippen molar-refractivity contribution in [1.29, 1.82) is 0 Å². The molecule has 0 aliphatic carbocycles. The molecule has 8 heteroatoms. The van der Waals surface area contributed by atoms with Gasteiger partial charge in [-0.3, -0.25) is 4.79 Å². The number of aryl methyl sites for hydroxylation is 1. The van der Waals surface area contributed by atoms with Gasteiger partial charge >= 0.3 is 0 Å². The third kappa shape index (κ3) is 3.65. The average Bonchev–Trinajstić information content (AvgIpc) is 3.32. The number of anilines is 1. The Morgan fingerprint density at radius 3 is 2.94 bits per heavy atom. The molecule has 0 saturated carbocycles. The number of carbonyl (C=O) groups excluding carboxylic acids is 1. The number of fused-ring (bicyclic) bond motifs is 2. The molecule has 31 heavy (non-hydrogen) atoms. The lowest BCUT2D eigenvalue weighted by molar-refractivity contribution is 0.0998. The lowest BCUT2D eigenvalue weighted by atomic mass is 10.1. The van der Waals surface area contributed by atoms with E-state index in [0.29, 0.717) is 22.0 Å². The van der Waals surface area contributed by atoms with Gasteiger partial charge in [0.25, 0.3) is 5.91 Å². The van der Waals surface area contributed by atoms with Crippen molar-refractivity contribution >= 4 is 34.2 Å². The standard InChI is InChI=1S/C23H21ClN4O3/c1-30-18-7-5-6-14-12-19(31-21(14)18)23(29)25-15-9-10-17(24)16(13-15)22-27-26-20-8-3-2-4-11-28(20)22/h5-7,9-10,12-13H,2-4,8,11H2,1H3,(H,25,29). The highest BCUT2D eigenvalue weighted by molar-refractivity contribution is 6.33. The van der Waals surface area contributed by atoms with Gasteiger partial charge in [0, 0.05) is 29.6 Å². The van der Waals surface area contributed by atoms with Gasteiger partial charge in [0.05, 0.1) is 12.1 Å². The van der Waals surface area contributed by atoms with E-state index in [1.54, 1.807) is 31.4 Å². The summed E-state index contributed by atoms with van der Waals surface area (Å²) in [5, 5.41) is 13.0. The average molecular weight is 437 g/mol. The Balaban J connectivity index is 1.45. The Labute approximate surface area is 184 Å². The van der Waals surface area contributed by atoms with Crippen LogP contribution in [0.2, 0.25) is 5.02 Å². The number of nitrogens with one attached hydrogen (secondary N) is 1. The van der Waals surface area contributed by atoms with Crippen molar-refractivity contribution in [3.05, 3.63) is 59.1 Å². The zero-order valence-electron chi connectivity index (χ0n) is 17.0. The fourth-order valence-electron chi connectivity index (χ4n) is 3.96. The Morgan fingerprint density at radius 1 is 1.16 bits per heavy atom. The predicted octanol–water partition coefficient (Wildman–Crippen LogP) is 5.33. The molecule has 5 rings (SSSR count). The summed E-state index contributed by atoms with van der Waals surface area (Å²) in [7, 11) is 1.57. The van der Waals surface area contributed by atoms with Crippen molar-refractivity contribution in [2.24, 2.45) is 0 Å². The number of nitrogens with zero attached hydrogens (tertiary/aromatic N) is 3. The summed E-state index contributed by atoms with van der Waals surface area (Å²) in [4.78, 5) is 12.8. The van der Waals surface area contributed by atoms with Crippen LogP contribution in [-0.4, -0.2) is 27.8 Å². The van der Waals surface area contributed by atoms with Gasteiger partial charge in [-0.25, -0.2) is 0 Å². The van der Waals surface area contributed by atoms with E-state index in [-0.39, 0.29) is 11.7 Å². The maximum atomic E-state index is 12.8. The molecule has 0 atom stereocenters. The summed E-state index contributed by atoms with van der Waals surface area (Å²) in [6, 6.07) is 12.6. The van der Waals surface area contributed by atoms with Gasteiger partial charge in [0.1, 0.15) is 5.82 Å². The summed E-state index contributed by atoms with van der Waals surface area (Å²) in [5.41, 5.74) is 1.88. The number of rotatable bonds is 4. The van der Waals surface area contributed by atoms with Crippen molar-refractivity contribution in [2.45, 2.75) is 32.2 Å². The van der Waals surface area contributed by atoms with Gasteiger partial charge < -0.3 is 19.0 Å². The lowest BCUT2D eigenvalue weighted by Gasteiger charge is -2.10. The largest absolute Gasteiger partial charge is 0.493 e.